The van der Waals surface area contributed by atoms with Crippen LogP contribution in [0, 0.1) is 0 Å². The van der Waals surface area contributed by atoms with Crippen LogP contribution in [0.15, 0.2) is 72.9 Å². The summed E-state index contributed by atoms with van der Waals surface area (Å²) in [4.78, 5) is 38.5. The third kappa shape index (κ3) is 67.5. The van der Waals surface area contributed by atoms with Crippen molar-refractivity contribution in [1.29, 1.82) is 0 Å². The maximum Gasteiger partial charge on any atom is 0.306 e. The van der Waals surface area contributed by atoms with E-state index >= 15 is 0 Å². The van der Waals surface area contributed by atoms with Gasteiger partial charge in [0.2, 0.25) is 0 Å². The van der Waals surface area contributed by atoms with Crippen LogP contribution >= 0.6 is 0 Å². The van der Waals surface area contributed by atoms with Crippen LogP contribution in [0.25, 0.3) is 0 Å². The molecule has 0 aliphatic rings. The van der Waals surface area contributed by atoms with E-state index in [1.165, 1.54) is 231 Å². The van der Waals surface area contributed by atoms with E-state index in [2.05, 4.69) is 93.7 Å². The molecule has 0 saturated carbocycles. The molecule has 6 heteroatoms. The highest BCUT2D eigenvalue weighted by atomic mass is 16.6. The molecule has 1 unspecified atom stereocenters. The quantitative estimate of drug-likeness (QED) is 0.0261. The van der Waals surface area contributed by atoms with Gasteiger partial charge in [-0.15, -0.1) is 0 Å². The van der Waals surface area contributed by atoms with Crippen molar-refractivity contribution in [2.24, 2.45) is 0 Å². The number of carbonyl (C=O) groups excluding carboxylic acids is 3. The number of esters is 3. The van der Waals surface area contributed by atoms with Gasteiger partial charge in [-0.2, -0.15) is 0 Å². The lowest BCUT2D eigenvalue weighted by molar-refractivity contribution is -0.167. The smallest absolute Gasteiger partial charge is 0.306 e. The van der Waals surface area contributed by atoms with Crippen LogP contribution in [0.4, 0.5) is 0 Å². The topological polar surface area (TPSA) is 78.9 Å². The maximum absolute atomic E-state index is 13.0. The molecule has 0 spiro atoms. The minimum absolute atomic E-state index is 0.0730. The third-order valence-electron chi connectivity index (χ3n) is 15.7. The lowest BCUT2D eigenvalue weighted by Crippen LogP contribution is -2.30. The molecule has 0 rings (SSSR count). The number of rotatable bonds is 65. The van der Waals surface area contributed by atoms with Gasteiger partial charge in [-0.05, 0) is 89.9 Å². The summed E-state index contributed by atoms with van der Waals surface area (Å²) in [6.07, 6.45) is 90.6. The lowest BCUT2D eigenvalue weighted by atomic mass is 10.0. The lowest BCUT2D eigenvalue weighted by Gasteiger charge is -2.18. The van der Waals surface area contributed by atoms with Crippen molar-refractivity contribution in [3.8, 4) is 0 Å². The van der Waals surface area contributed by atoms with Crippen LogP contribution in [0.1, 0.15) is 367 Å². The molecule has 0 aliphatic heterocycles. The van der Waals surface area contributed by atoms with Crippen molar-refractivity contribution in [3.63, 3.8) is 0 Å². The monoisotopic (exact) mass is 1130 g/mol. The van der Waals surface area contributed by atoms with Crippen molar-refractivity contribution >= 4 is 17.9 Å². The summed E-state index contributed by atoms with van der Waals surface area (Å²) in [6, 6.07) is 0. The van der Waals surface area contributed by atoms with E-state index in [0.29, 0.717) is 19.3 Å². The van der Waals surface area contributed by atoms with Gasteiger partial charge in [-0.1, -0.05) is 331 Å². The minimum Gasteiger partial charge on any atom is -0.462 e. The van der Waals surface area contributed by atoms with Crippen molar-refractivity contribution < 1.29 is 28.6 Å². The fourth-order valence-electron chi connectivity index (χ4n) is 10.4. The van der Waals surface area contributed by atoms with Gasteiger partial charge >= 0.3 is 17.9 Å². The van der Waals surface area contributed by atoms with Gasteiger partial charge in [0.05, 0.1) is 0 Å². The number of carbonyl (C=O) groups is 3. The largest absolute Gasteiger partial charge is 0.462 e. The predicted molar refractivity (Wildman–Crippen MR) is 353 cm³/mol. The van der Waals surface area contributed by atoms with E-state index in [-0.39, 0.29) is 31.1 Å². The Morgan fingerprint density at radius 1 is 0.259 bits per heavy atom. The highest BCUT2D eigenvalue weighted by Crippen LogP contribution is 2.18. The molecule has 0 heterocycles. The predicted octanol–water partition coefficient (Wildman–Crippen LogP) is 24.4. The molecule has 81 heavy (non-hydrogen) atoms. The molecule has 0 aromatic heterocycles. The standard InChI is InChI=1S/C75H134O6/c1-4-7-10-13-16-19-22-25-28-30-32-34-36-37-39-40-42-44-47-50-53-56-59-62-65-68-74(77)80-71-72(70-79-73(76)67-64-61-58-55-52-49-46-27-24-21-18-15-12-9-6-3)81-75(78)69-66-63-60-57-54-51-48-45-43-41-38-35-33-31-29-26-23-20-17-14-11-8-5-2/h7,10,16,19,25,28,31-34,37,39,72H,4-6,8-9,11-15,17-18,20-24,26-27,29-30,35-36,38,40-71H2,1-3H3/b10-7-,19-16-,28-25-,33-31-,34-32-,39-37-. The van der Waals surface area contributed by atoms with E-state index in [1.54, 1.807) is 0 Å². The minimum atomic E-state index is -0.778. The van der Waals surface area contributed by atoms with Gasteiger partial charge in [0.25, 0.3) is 0 Å². The first kappa shape index (κ1) is 77.9. The summed E-state index contributed by atoms with van der Waals surface area (Å²) in [7, 11) is 0. The Morgan fingerprint density at radius 3 is 0.765 bits per heavy atom. The maximum atomic E-state index is 13.0. The average molecular weight is 1130 g/mol. The highest BCUT2D eigenvalue weighted by Gasteiger charge is 2.19. The zero-order valence-corrected chi connectivity index (χ0v) is 54.1. The first-order valence-electron chi connectivity index (χ1n) is 35.4. The number of allylic oxidation sites excluding steroid dienone is 12. The second-order valence-electron chi connectivity index (χ2n) is 23.8. The molecule has 0 amide bonds. The van der Waals surface area contributed by atoms with Crippen LogP contribution in [0.2, 0.25) is 0 Å². The molecule has 1 atom stereocenters. The Hall–Kier alpha value is -3.15. The normalized spacial score (nSPS) is 12.5. The molecular weight excluding hydrogens is 997 g/mol. The summed E-state index contributed by atoms with van der Waals surface area (Å²) in [6.45, 7) is 6.58. The van der Waals surface area contributed by atoms with Gasteiger partial charge in [0.15, 0.2) is 6.10 Å². The highest BCUT2D eigenvalue weighted by molar-refractivity contribution is 5.71. The first-order chi connectivity index (χ1) is 40.0. The third-order valence-corrected chi connectivity index (χ3v) is 15.7. The summed E-state index contributed by atoms with van der Waals surface area (Å²) < 4.78 is 17.0. The van der Waals surface area contributed by atoms with E-state index in [0.717, 1.165) is 96.3 Å². The zero-order valence-electron chi connectivity index (χ0n) is 54.1. The summed E-state index contributed by atoms with van der Waals surface area (Å²) in [5.74, 6) is -0.857. The van der Waals surface area contributed by atoms with Crippen molar-refractivity contribution in [2.45, 2.75) is 374 Å². The van der Waals surface area contributed by atoms with E-state index in [9.17, 15) is 14.4 Å². The van der Waals surface area contributed by atoms with E-state index in [1.807, 2.05) is 0 Å². The van der Waals surface area contributed by atoms with Gasteiger partial charge in [-0.25, -0.2) is 0 Å². The number of hydrogen-bond acceptors (Lipinski definition) is 6. The van der Waals surface area contributed by atoms with Crippen molar-refractivity contribution in [1.82, 2.24) is 0 Å². The number of ether oxygens (including phenoxy) is 3. The van der Waals surface area contributed by atoms with Crippen molar-refractivity contribution in [2.75, 3.05) is 13.2 Å². The zero-order chi connectivity index (χ0) is 58.5. The summed E-state index contributed by atoms with van der Waals surface area (Å²) in [5, 5.41) is 0. The van der Waals surface area contributed by atoms with Crippen LogP contribution < -0.4 is 0 Å². The molecule has 0 saturated heterocycles. The Labute approximate surface area is 503 Å². The summed E-state index contributed by atoms with van der Waals surface area (Å²) >= 11 is 0. The summed E-state index contributed by atoms with van der Waals surface area (Å²) in [5.41, 5.74) is 0. The molecule has 470 valence electrons. The molecule has 0 radical (unpaired) electrons. The Balaban J connectivity index is 4.32. The SMILES string of the molecule is CC/C=C\C/C=C\C/C=C\C/C=C\C/C=C\CCCCCCCCCCCC(=O)OCC(COC(=O)CCCCCCCCCCCCCCCCC)OC(=O)CCCCCCCCCCCCC/C=C\CCCCCCCCCC. The van der Waals surface area contributed by atoms with Crippen molar-refractivity contribution in [3.05, 3.63) is 72.9 Å². The van der Waals surface area contributed by atoms with Gasteiger partial charge in [-0.3, -0.25) is 14.4 Å². The average Bonchev–Trinajstić information content (AvgIpc) is 3.47. The molecule has 0 fully saturated rings. The second-order valence-corrected chi connectivity index (χ2v) is 23.8. The molecule has 0 aromatic rings. The van der Waals surface area contributed by atoms with Gasteiger partial charge in [0, 0.05) is 19.3 Å². The number of unbranched alkanes of at least 4 members (excludes halogenated alkanes) is 42. The fourth-order valence-corrected chi connectivity index (χ4v) is 10.4. The molecule has 0 bridgehead atoms. The molecular formula is C75H134O6. The van der Waals surface area contributed by atoms with Gasteiger partial charge in [0.1, 0.15) is 13.2 Å². The molecule has 6 nitrogen and oxygen atoms in total. The molecule has 0 N–H and O–H groups in total. The van der Waals surface area contributed by atoms with E-state index < -0.39 is 6.10 Å². The second kappa shape index (κ2) is 69.3. The van der Waals surface area contributed by atoms with Crippen LogP contribution in [-0.4, -0.2) is 37.2 Å². The van der Waals surface area contributed by atoms with Crippen LogP contribution in [0.3, 0.4) is 0 Å². The number of hydrogen-bond donors (Lipinski definition) is 0. The molecule has 0 aliphatic carbocycles. The first-order valence-corrected chi connectivity index (χ1v) is 35.4. The Kier molecular flexibility index (Phi) is 66.6. The van der Waals surface area contributed by atoms with Crippen LogP contribution in [0.5, 0.6) is 0 Å². The van der Waals surface area contributed by atoms with Gasteiger partial charge < -0.3 is 14.2 Å². The Morgan fingerprint density at radius 2 is 0.481 bits per heavy atom. The van der Waals surface area contributed by atoms with Crippen LogP contribution in [-0.2, 0) is 28.6 Å². The fraction of sp³-hybridized carbons (Fsp3) is 0.800. The Bertz CT molecular complexity index is 1490. The molecule has 0 aromatic carbocycles. The van der Waals surface area contributed by atoms with E-state index in [4.69, 9.17) is 14.2 Å².